The van der Waals surface area contributed by atoms with Crippen LogP contribution in [0.1, 0.15) is 30.5 Å². The standard InChI is InChI=1S/C19H23NO3S/c1-15-9-11-18(12-10-15)24(22,23)14-13-19(21)20(3)16(2)17-7-5-4-6-8-17/h4-12,16H,13-14H2,1-3H3/t16-/m0/s1. The molecule has 0 bridgehead atoms. The second-order valence-corrected chi connectivity index (χ2v) is 8.08. The lowest BCUT2D eigenvalue weighted by atomic mass is 10.1. The van der Waals surface area contributed by atoms with Gasteiger partial charge in [0, 0.05) is 13.5 Å². The Morgan fingerprint density at radius 1 is 1.04 bits per heavy atom. The van der Waals surface area contributed by atoms with Crippen molar-refractivity contribution in [3.63, 3.8) is 0 Å². The van der Waals surface area contributed by atoms with E-state index in [4.69, 9.17) is 0 Å². The van der Waals surface area contributed by atoms with E-state index in [9.17, 15) is 13.2 Å². The Hall–Kier alpha value is -2.14. The first-order valence-corrected chi connectivity index (χ1v) is 9.56. The second-order valence-electron chi connectivity index (χ2n) is 5.97. The maximum Gasteiger partial charge on any atom is 0.223 e. The van der Waals surface area contributed by atoms with Crippen LogP contribution >= 0.6 is 0 Å². The van der Waals surface area contributed by atoms with Gasteiger partial charge in [-0.15, -0.1) is 0 Å². The summed E-state index contributed by atoms with van der Waals surface area (Å²) >= 11 is 0. The highest BCUT2D eigenvalue weighted by atomic mass is 32.2. The highest BCUT2D eigenvalue weighted by molar-refractivity contribution is 7.91. The summed E-state index contributed by atoms with van der Waals surface area (Å²) in [4.78, 5) is 14.2. The quantitative estimate of drug-likeness (QED) is 0.806. The molecule has 2 rings (SSSR count). The second kappa shape index (κ2) is 7.62. The van der Waals surface area contributed by atoms with Crippen molar-refractivity contribution < 1.29 is 13.2 Å². The molecular formula is C19H23NO3S. The number of carbonyl (C=O) groups excluding carboxylic acids is 1. The Morgan fingerprint density at radius 2 is 1.62 bits per heavy atom. The van der Waals surface area contributed by atoms with E-state index in [2.05, 4.69) is 0 Å². The summed E-state index contributed by atoms with van der Waals surface area (Å²) in [5.41, 5.74) is 2.02. The fourth-order valence-electron chi connectivity index (χ4n) is 2.43. The van der Waals surface area contributed by atoms with Gasteiger partial charge in [0.05, 0.1) is 16.7 Å². The van der Waals surface area contributed by atoms with Crippen LogP contribution in [0.25, 0.3) is 0 Å². The molecule has 0 spiro atoms. The smallest absolute Gasteiger partial charge is 0.223 e. The van der Waals surface area contributed by atoms with Crippen molar-refractivity contribution in [2.45, 2.75) is 31.2 Å². The number of nitrogens with zero attached hydrogens (tertiary/aromatic N) is 1. The average Bonchev–Trinajstić information content (AvgIpc) is 2.59. The molecule has 0 aliphatic carbocycles. The summed E-state index contributed by atoms with van der Waals surface area (Å²) in [6, 6.07) is 16.3. The number of carbonyl (C=O) groups is 1. The highest BCUT2D eigenvalue weighted by Gasteiger charge is 2.21. The van der Waals surface area contributed by atoms with E-state index >= 15 is 0 Å². The molecule has 5 heteroatoms. The fourth-order valence-corrected chi connectivity index (χ4v) is 3.66. The van der Waals surface area contributed by atoms with E-state index in [1.807, 2.05) is 44.2 Å². The maximum absolute atomic E-state index is 12.4. The van der Waals surface area contributed by atoms with Crippen molar-refractivity contribution in [3.05, 3.63) is 65.7 Å². The number of sulfone groups is 1. The van der Waals surface area contributed by atoms with E-state index in [-0.39, 0.29) is 29.0 Å². The molecule has 0 saturated carbocycles. The van der Waals surface area contributed by atoms with Gasteiger partial charge in [0.15, 0.2) is 9.84 Å². The van der Waals surface area contributed by atoms with Crippen LogP contribution in [-0.2, 0) is 14.6 Å². The van der Waals surface area contributed by atoms with Crippen LogP contribution < -0.4 is 0 Å². The summed E-state index contributed by atoms with van der Waals surface area (Å²) in [5.74, 6) is -0.358. The van der Waals surface area contributed by atoms with Crippen LogP contribution in [0.4, 0.5) is 0 Å². The average molecular weight is 345 g/mol. The molecule has 0 aromatic heterocycles. The Balaban J connectivity index is 2.00. The predicted molar refractivity (Wildman–Crippen MR) is 95.5 cm³/mol. The SMILES string of the molecule is Cc1ccc(S(=O)(=O)CCC(=O)N(C)[C@@H](C)c2ccccc2)cc1. The number of benzene rings is 2. The van der Waals surface area contributed by atoms with Crippen LogP contribution in [0.3, 0.4) is 0 Å². The van der Waals surface area contributed by atoms with E-state index in [0.29, 0.717) is 0 Å². The van der Waals surface area contributed by atoms with Crippen molar-refractivity contribution >= 4 is 15.7 Å². The topological polar surface area (TPSA) is 54.5 Å². The molecule has 0 aliphatic heterocycles. The number of hydrogen-bond donors (Lipinski definition) is 0. The minimum absolute atomic E-state index is 0.0239. The summed E-state index contributed by atoms with van der Waals surface area (Å²) in [7, 11) is -1.74. The molecule has 0 heterocycles. The fraction of sp³-hybridized carbons (Fsp3) is 0.316. The zero-order chi connectivity index (χ0) is 17.7. The number of hydrogen-bond acceptors (Lipinski definition) is 3. The van der Waals surface area contributed by atoms with Crippen molar-refractivity contribution in [2.24, 2.45) is 0 Å². The van der Waals surface area contributed by atoms with E-state index in [1.165, 1.54) is 0 Å². The van der Waals surface area contributed by atoms with Gasteiger partial charge in [0.25, 0.3) is 0 Å². The van der Waals surface area contributed by atoms with Crippen molar-refractivity contribution in [3.8, 4) is 0 Å². The lowest BCUT2D eigenvalue weighted by Crippen LogP contribution is -2.31. The minimum atomic E-state index is -3.44. The molecule has 0 aliphatic rings. The molecule has 0 N–H and O–H groups in total. The normalized spacial score (nSPS) is 12.6. The Bertz CT molecular complexity index is 783. The Labute approximate surface area is 144 Å². The zero-order valence-electron chi connectivity index (χ0n) is 14.3. The van der Waals surface area contributed by atoms with Crippen LogP contribution in [0.2, 0.25) is 0 Å². The van der Waals surface area contributed by atoms with Gasteiger partial charge in [-0.25, -0.2) is 8.42 Å². The lowest BCUT2D eigenvalue weighted by Gasteiger charge is -2.25. The van der Waals surface area contributed by atoms with Crippen LogP contribution in [0.5, 0.6) is 0 Å². The lowest BCUT2D eigenvalue weighted by molar-refractivity contribution is -0.131. The number of rotatable bonds is 6. The summed E-state index contributed by atoms with van der Waals surface area (Å²) in [6.07, 6.45) is -0.0239. The largest absolute Gasteiger partial charge is 0.339 e. The van der Waals surface area contributed by atoms with Gasteiger partial charge < -0.3 is 4.90 Å². The van der Waals surface area contributed by atoms with Gasteiger partial charge in [0.1, 0.15) is 0 Å². The zero-order valence-corrected chi connectivity index (χ0v) is 15.1. The molecular weight excluding hydrogens is 322 g/mol. The van der Waals surface area contributed by atoms with Crippen molar-refractivity contribution in [1.29, 1.82) is 0 Å². The molecule has 4 nitrogen and oxygen atoms in total. The molecule has 0 radical (unpaired) electrons. The highest BCUT2D eigenvalue weighted by Crippen LogP contribution is 2.20. The summed E-state index contributed by atoms with van der Waals surface area (Å²) < 4.78 is 24.7. The molecule has 1 amide bonds. The molecule has 1 atom stereocenters. The molecule has 2 aromatic rings. The maximum atomic E-state index is 12.4. The van der Waals surface area contributed by atoms with Gasteiger partial charge in [-0.2, -0.15) is 0 Å². The first-order valence-electron chi connectivity index (χ1n) is 7.91. The molecule has 128 valence electrons. The molecule has 0 unspecified atom stereocenters. The van der Waals surface area contributed by atoms with Gasteiger partial charge in [-0.05, 0) is 31.5 Å². The molecule has 0 fully saturated rings. The molecule has 24 heavy (non-hydrogen) atoms. The third-order valence-corrected chi connectivity index (χ3v) is 5.95. The number of amides is 1. The van der Waals surface area contributed by atoms with Crippen LogP contribution in [0.15, 0.2) is 59.5 Å². The monoisotopic (exact) mass is 345 g/mol. The summed E-state index contributed by atoms with van der Waals surface area (Å²) in [6.45, 7) is 3.83. The van der Waals surface area contributed by atoms with E-state index < -0.39 is 9.84 Å². The van der Waals surface area contributed by atoms with E-state index in [1.54, 1.807) is 36.2 Å². The Kier molecular flexibility index (Phi) is 5.78. The minimum Gasteiger partial charge on any atom is -0.339 e. The van der Waals surface area contributed by atoms with Crippen molar-refractivity contribution in [2.75, 3.05) is 12.8 Å². The predicted octanol–water partition coefficient (Wildman–Crippen LogP) is 3.38. The van der Waals surface area contributed by atoms with Gasteiger partial charge in [0.2, 0.25) is 5.91 Å². The van der Waals surface area contributed by atoms with Gasteiger partial charge >= 0.3 is 0 Å². The third-order valence-electron chi connectivity index (χ3n) is 4.22. The van der Waals surface area contributed by atoms with Crippen molar-refractivity contribution in [1.82, 2.24) is 4.90 Å². The van der Waals surface area contributed by atoms with Crippen LogP contribution in [0, 0.1) is 6.92 Å². The van der Waals surface area contributed by atoms with Gasteiger partial charge in [-0.1, -0.05) is 48.0 Å². The first kappa shape index (κ1) is 18.2. The number of aryl methyl sites for hydroxylation is 1. The van der Waals surface area contributed by atoms with E-state index in [0.717, 1.165) is 11.1 Å². The summed E-state index contributed by atoms with van der Waals surface area (Å²) in [5, 5.41) is 0. The third kappa shape index (κ3) is 4.45. The van der Waals surface area contributed by atoms with Gasteiger partial charge in [-0.3, -0.25) is 4.79 Å². The molecule has 2 aromatic carbocycles. The molecule has 0 saturated heterocycles. The van der Waals surface area contributed by atoms with Crippen LogP contribution in [-0.4, -0.2) is 32.0 Å². The first-order chi connectivity index (χ1) is 11.3. The Morgan fingerprint density at radius 3 is 2.21 bits per heavy atom.